The van der Waals surface area contributed by atoms with Crippen LogP contribution >= 0.6 is 0 Å². The van der Waals surface area contributed by atoms with E-state index in [2.05, 4.69) is 5.32 Å². The van der Waals surface area contributed by atoms with Crippen molar-refractivity contribution in [3.8, 4) is 5.75 Å². The highest BCUT2D eigenvalue weighted by Crippen LogP contribution is 2.18. The fourth-order valence-corrected chi connectivity index (χ4v) is 2.33. The second-order valence-electron chi connectivity index (χ2n) is 5.37. The molecule has 0 spiro atoms. The Bertz CT molecular complexity index is 511. The minimum atomic E-state index is -1.02. The largest absolute Gasteiger partial charge is 0.482 e. The normalized spacial score (nSPS) is 17.2. The standard InChI is InChI=1S/C16H21NO5/c18-15(5-4-12-6-7-21-10-12)17-9-13-2-1-3-14(8-13)22-11-16(19)20/h1-3,8,12H,4-7,9-11H2,(H,17,18)(H,19,20). The van der Waals surface area contributed by atoms with Crippen LogP contribution in [0, 0.1) is 5.92 Å². The van der Waals surface area contributed by atoms with Gasteiger partial charge >= 0.3 is 5.97 Å². The van der Waals surface area contributed by atoms with Crippen molar-refractivity contribution < 1.29 is 24.2 Å². The average Bonchev–Trinajstić information content (AvgIpc) is 3.03. The van der Waals surface area contributed by atoms with E-state index in [-0.39, 0.29) is 12.5 Å². The van der Waals surface area contributed by atoms with Crippen molar-refractivity contribution in [2.75, 3.05) is 19.8 Å². The van der Waals surface area contributed by atoms with Gasteiger partial charge in [-0.2, -0.15) is 0 Å². The number of benzene rings is 1. The summed E-state index contributed by atoms with van der Waals surface area (Å²) >= 11 is 0. The zero-order valence-corrected chi connectivity index (χ0v) is 12.4. The molecule has 0 radical (unpaired) electrons. The van der Waals surface area contributed by atoms with Crippen molar-refractivity contribution in [1.82, 2.24) is 5.32 Å². The highest BCUT2D eigenvalue weighted by molar-refractivity contribution is 5.75. The van der Waals surface area contributed by atoms with Gasteiger partial charge in [0.15, 0.2) is 6.61 Å². The summed E-state index contributed by atoms with van der Waals surface area (Å²) in [6, 6.07) is 7.05. The van der Waals surface area contributed by atoms with Gasteiger partial charge in [-0.3, -0.25) is 4.79 Å². The molecule has 1 fully saturated rings. The molecule has 1 aliphatic rings. The molecule has 6 heteroatoms. The lowest BCUT2D eigenvalue weighted by Crippen LogP contribution is -2.23. The van der Waals surface area contributed by atoms with E-state index >= 15 is 0 Å². The molecule has 1 atom stereocenters. The minimum Gasteiger partial charge on any atom is -0.482 e. The number of hydrogen-bond donors (Lipinski definition) is 2. The second-order valence-corrected chi connectivity index (χ2v) is 5.37. The van der Waals surface area contributed by atoms with Crippen LogP contribution in [0.2, 0.25) is 0 Å². The number of ether oxygens (including phenoxy) is 2. The van der Waals surface area contributed by atoms with Crippen molar-refractivity contribution in [1.29, 1.82) is 0 Å². The number of nitrogens with one attached hydrogen (secondary N) is 1. The summed E-state index contributed by atoms with van der Waals surface area (Å²) in [5, 5.41) is 11.4. The summed E-state index contributed by atoms with van der Waals surface area (Å²) in [6.07, 6.45) is 2.40. The van der Waals surface area contributed by atoms with Crippen LogP contribution < -0.4 is 10.1 Å². The second kappa shape index (κ2) is 8.38. The van der Waals surface area contributed by atoms with Gasteiger partial charge in [-0.1, -0.05) is 12.1 Å². The first-order valence-electron chi connectivity index (χ1n) is 7.41. The van der Waals surface area contributed by atoms with E-state index in [1.54, 1.807) is 18.2 Å². The number of aliphatic carboxylic acids is 1. The molecular weight excluding hydrogens is 286 g/mol. The molecule has 120 valence electrons. The van der Waals surface area contributed by atoms with Crippen LogP contribution in [0.4, 0.5) is 0 Å². The van der Waals surface area contributed by atoms with Gasteiger partial charge in [0.05, 0.1) is 0 Å². The van der Waals surface area contributed by atoms with E-state index in [4.69, 9.17) is 14.6 Å². The van der Waals surface area contributed by atoms with Crippen molar-refractivity contribution in [3.63, 3.8) is 0 Å². The van der Waals surface area contributed by atoms with Gasteiger partial charge in [0, 0.05) is 26.2 Å². The Morgan fingerprint density at radius 3 is 3.00 bits per heavy atom. The Morgan fingerprint density at radius 2 is 2.27 bits per heavy atom. The van der Waals surface area contributed by atoms with Gasteiger partial charge < -0.3 is 19.9 Å². The summed E-state index contributed by atoms with van der Waals surface area (Å²) in [4.78, 5) is 22.3. The van der Waals surface area contributed by atoms with E-state index in [9.17, 15) is 9.59 Å². The zero-order valence-electron chi connectivity index (χ0n) is 12.4. The SMILES string of the molecule is O=C(O)COc1cccc(CNC(=O)CCC2CCOC2)c1. The predicted molar refractivity (Wildman–Crippen MR) is 79.6 cm³/mol. The van der Waals surface area contributed by atoms with Crippen LogP contribution in [0.5, 0.6) is 5.75 Å². The third kappa shape index (κ3) is 5.73. The van der Waals surface area contributed by atoms with Crippen molar-refractivity contribution in [2.45, 2.75) is 25.8 Å². The molecule has 0 bridgehead atoms. The number of carboxylic acids is 1. The van der Waals surface area contributed by atoms with E-state index < -0.39 is 5.97 Å². The maximum absolute atomic E-state index is 11.8. The van der Waals surface area contributed by atoms with Crippen LogP contribution in [-0.2, 0) is 20.9 Å². The van der Waals surface area contributed by atoms with Crippen molar-refractivity contribution in [2.24, 2.45) is 5.92 Å². The molecule has 22 heavy (non-hydrogen) atoms. The van der Waals surface area contributed by atoms with Crippen LogP contribution in [-0.4, -0.2) is 36.8 Å². The Labute approximate surface area is 129 Å². The molecule has 0 aromatic heterocycles. The summed E-state index contributed by atoms with van der Waals surface area (Å²) in [6.45, 7) is 1.59. The molecule has 0 aliphatic carbocycles. The number of amides is 1. The number of carbonyl (C=O) groups excluding carboxylic acids is 1. The van der Waals surface area contributed by atoms with Gasteiger partial charge in [0.2, 0.25) is 5.91 Å². The summed E-state index contributed by atoms with van der Waals surface area (Å²) in [7, 11) is 0. The Hall–Kier alpha value is -2.08. The molecule has 1 aliphatic heterocycles. The van der Waals surface area contributed by atoms with Gasteiger partial charge in [0.1, 0.15) is 5.75 Å². The number of rotatable bonds is 8. The third-order valence-corrected chi connectivity index (χ3v) is 3.55. The lowest BCUT2D eigenvalue weighted by Gasteiger charge is -2.09. The van der Waals surface area contributed by atoms with E-state index in [0.717, 1.165) is 31.6 Å². The molecule has 1 amide bonds. The van der Waals surface area contributed by atoms with Crippen LogP contribution in [0.1, 0.15) is 24.8 Å². The Balaban J connectivity index is 1.72. The number of hydrogen-bond acceptors (Lipinski definition) is 4. The first-order valence-corrected chi connectivity index (χ1v) is 7.41. The number of carboxylic acid groups (broad SMARTS) is 1. The molecule has 6 nitrogen and oxygen atoms in total. The molecule has 1 unspecified atom stereocenters. The van der Waals surface area contributed by atoms with Crippen LogP contribution in [0.3, 0.4) is 0 Å². The lowest BCUT2D eigenvalue weighted by atomic mass is 10.0. The van der Waals surface area contributed by atoms with Crippen molar-refractivity contribution in [3.05, 3.63) is 29.8 Å². The van der Waals surface area contributed by atoms with Crippen LogP contribution in [0.25, 0.3) is 0 Å². The molecule has 1 heterocycles. The topological polar surface area (TPSA) is 84.9 Å². The highest BCUT2D eigenvalue weighted by Gasteiger charge is 2.16. The maximum atomic E-state index is 11.8. The van der Waals surface area contributed by atoms with Gasteiger partial charge in [-0.15, -0.1) is 0 Å². The summed E-state index contributed by atoms with van der Waals surface area (Å²) in [5.74, 6) is -0.0193. The molecule has 1 saturated heterocycles. The molecule has 1 aromatic carbocycles. The average molecular weight is 307 g/mol. The summed E-state index contributed by atoms with van der Waals surface area (Å²) < 4.78 is 10.4. The third-order valence-electron chi connectivity index (χ3n) is 3.55. The van der Waals surface area contributed by atoms with E-state index in [1.807, 2.05) is 6.07 Å². The lowest BCUT2D eigenvalue weighted by molar-refractivity contribution is -0.139. The fourth-order valence-electron chi connectivity index (χ4n) is 2.33. The fraction of sp³-hybridized carbons (Fsp3) is 0.500. The summed E-state index contributed by atoms with van der Waals surface area (Å²) in [5.41, 5.74) is 0.875. The number of carbonyl (C=O) groups is 2. The molecule has 2 rings (SSSR count). The smallest absolute Gasteiger partial charge is 0.341 e. The molecule has 2 N–H and O–H groups in total. The van der Waals surface area contributed by atoms with Gasteiger partial charge in [-0.05, 0) is 36.5 Å². The van der Waals surface area contributed by atoms with Crippen molar-refractivity contribution >= 4 is 11.9 Å². The zero-order chi connectivity index (χ0) is 15.8. The van der Waals surface area contributed by atoms with Gasteiger partial charge in [0.25, 0.3) is 0 Å². The van der Waals surface area contributed by atoms with E-state index in [0.29, 0.717) is 24.6 Å². The van der Waals surface area contributed by atoms with Crippen LogP contribution in [0.15, 0.2) is 24.3 Å². The maximum Gasteiger partial charge on any atom is 0.341 e. The monoisotopic (exact) mass is 307 g/mol. The Kier molecular flexibility index (Phi) is 6.21. The molecular formula is C16H21NO5. The quantitative estimate of drug-likeness (QED) is 0.762. The Morgan fingerprint density at radius 1 is 1.41 bits per heavy atom. The molecule has 1 aromatic rings. The first-order chi connectivity index (χ1) is 10.6. The van der Waals surface area contributed by atoms with Gasteiger partial charge in [-0.25, -0.2) is 4.79 Å². The molecule has 0 saturated carbocycles. The van der Waals surface area contributed by atoms with E-state index in [1.165, 1.54) is 0 Å². The minimum absolute atomic E-state index is 0.0174. The first kappa shape index (κ1) is 16.3. The predicted octanol–water partition coefficient (Wildman–Crippen LogP) is 1.58. The highest BCUT2D eigenvalue weighted by atomic mass is 16.5.